The van der Waals surface area contributed by atoms with Crippen LogP contribution >= 0.6 is 0 Å². The molecule has 0 spiro atoms. The second-order valence-corrected chi connectivity index (χ2v) is 7.58. The van der Waals surface area contributed by atoms with Crippen LogP contribution in [0.3, 0.4) is 0 Å². The minimum Gasteiger partial charge on any atom is -0.487 e. The Morgan fingerprint density at radius 3 is 2.46 bits per heavy atom. The van der Waals surface area contributed by atoms with Gasteiger partial charge in [0.1, 0.15) is 29.7 Å². The molecule has 3 N–H and O–H groups in total. The molecule has 2 aromatic rings. The molecule has 0 radical (unpaired) electrons. The predicted molar refractivity (Wildman–Crippen MR) is 115 cm³/mol. The molecule has 0 aliphatic rings. The Bertz CT molecular complexity index is 880. The summed E-state index contributed by atoms with van der Waals surface area (Å²) in [4.78, 5) is 4.22. The lowest BCUT2D eigenvalue weighted by Gasteiger charge is -2.20. The van der Waals surface area contributed by atoms with Crippen molar-refractivity contribution >= 4 is 11.5 Å². The minimum absolute atomic E-state index is 0.0692. The molecule has 5 heteroatoms. The molecule has 28 heavy (non-hydrogen) atoms. The number of benzene rings is 2. The summed E-state index contributed by atoms with van der Waals surface area (Å²) in [5.74, 6) is 0.474. The second-order valence-electron chi connectivity index (χ2n) is 7.58. The van der Waals surface area contributed by atoms with Crippen molar-refractivity contribution < 1.29 is 9.13 Å². The van der Waals surface area contributed by atoms with Crippen LogP contribution in [0.5, 0.6) is 5.75 Å². The lowest BCUT2D eigenvalue weighted by Crippen LogP contribution is -2.16. The van der Waals surface area contributed by atoms with Gasteiger partial charge >= 0.3 is 0 Å². The van der Waals surface area contributed by atoms with Crippen molar-refractivity contribution in [2.45, 2.75) is 34.3 Å². The van der Waals surface area contributed by atoms with Crippen LogP contribution < -0.4 is 15.8 Å². The first kappa shape index (κ1) is 21.2. The number of nitrogens with one attached hydrogen (secondary N) is 1. The first-order valence-corrected chi connectivity index (χ1v) is 9.11. The third-order valence-electron chi connectivity index (χ3n) is 4.27. The van der Waals surface area contributed by atoms with E-state index in [1.54, 1.807) is 12.1 Å². The summed E-state index contributed by atoms with van der Waals surface area (Å²) in [5, 5.41) is 3.02. The summed E-state index contributed by atoms with van der Waals surface area (Å²) in [6, 6.07) is 14.4. The fourth-order valence-corrected chi connectivity index (χ4v) is 2.28. The van der Waals surface area contributed by atoms with Crippen LogP contribution in [-0.2, 0) is 6.61 Å². The molecule has 0 saturated heterocycles. The Morgan fingerprint density at radius 2 is 1.86 bits per heavy atom. The summed E-state index contributed by atoms with van der Waals surface area (Å²) in [6.07, 6.45) is 1.84. The molecule has 4 nitrogen and oxygen atoms in total. The molecule has 0 aromatic heterocycles. The Hall–Kier alpha value is -3.08. The number of para-hydroxylation sites is 1. The van der Waals surface area contributed by atoms with Crippen LogP contribution in [0.15, 0.2) is 77.6 Å². The molecule has 0 saturated carbocycles. The van der Waals surface area contributed by atoms with Gasteiger partial charge in [0.05, 0.1) is 0 Å². The van der Waals surface area contributed by atoms with Crippen LogP contribution in [0.1, 0.15) is 33.3 Å². The Labute approximate surface area is 166 Å². The first-order valence-electron chi connectivity index (χ1n) is 9.11. The van der Waals surface area contributed by atoms with Crippen LogP contribution in [-0.4, -0.2) is 5.84 Å². The van der Waals surface area contributed by atoms with Crippen molar-refractivity contribution in [2.24, 2.45) is 16.1 Å². The number of anilines is 1. The zero-order chi connectivity index (χ0) is 20.7. The van der Waals surface area contributed by atoms with E-state index >= 15 is 0 Å². The van der Waals surface area contributed by atoms with E-state index in [1.807, 2.05) is 43.3 Å². The Balaban J connectivity index is 2.32. The maximum atomic E-state index is 14.6. The molecule has 0 bridgehead atoms. The SMILES string of the molecule is C=C(N)N=C(/C=C(\C)C(C)(C)C)Nc1c(F)cccc1OCc1ccccc1. The van der Waals surface area contributed by atoms with E-state index in [1.165, 1.54) is 6.07 Å². The molecule has 2 rings (SSSR count). The molecule has 0 heterocycles. The highest BCUT2D eigenvalue weighted by Gasteiger charge is 2.16. The van der Waals surface area contributed by atoms with E-state index in [9.17, 15) is 4.39 Å². The van der Waals surface area contributed by atoms with Crippen molar-refractivity contribution in [2.75, 3.05) is 5.32 Å². The number of hydrogen-bond donors (Lipinski definition) is 2. The highest BCUT2D eigenvalue weighted by molar-refractivity contribution is 6.05. The lowest BCUT2D eigenvalue weighted by atomic mass is 9.87. The smallest absolute Gasteiger partial charge is 0.150 e. The van der Waals surface area contributed by atoms with E-state index in [0.29, 0.717) is 18.2 Å². The van der Waals surface area contributed by atoms with Crippen molar-refractivity contribution in [3.63, 3.8) is 0 Å². The highest BCUT2D eigenvalue weighted by Crippen LogP contribution is 2.29. The molecular weight excluding hydrogens is 353 g/mol. The van der Waals surface area contributed by atoms with E-state index in [4.69, 9.17) is 10.5 Å². The summed E-state index contributed by atoms with van der Waals surface area (Å²) < 4.78 is 20.4. The second kappa shape index (κ2) is 9.22. The largest absolute Gasteiger partial charge is 0.487 e. The number of nitrogens with two attached hydrogens (primary N) is 1. The van der Waals surface area contributed by atoms with E-state index in [0.717, 1.165) is 11.1 Å². The summed E-state index contributed by atoms with van der Waals surface area (Å²) in [5.41, 5.74) is 7.85. The van der Waals surface area contributed by atoms with Crippen molar-refractivity contribution in [3.8, 4) is 5.75 Å². The van der Waals surface area contributed by atoms with Gasteiger partial charge in [0.25, 0.3) is 0 Å². The fraction of sp³-hybridized carbons (Fsp3) is 0.261. The summed E-state index contributed by atoms with van der Waals surface area (Å²) >= 11 is 0. The number of ether oxygens (including phenoxy) is 1. The molecule has 0 aliphatic carbocycles. The average Bonchev–Trinajstić information content (AvgIpc) is 2.61. The summed E-state index contributed by atoms with van der Waals surface area (Å²) in [6.45, 7) is 12.2. The van der Waals surface area contributed by atoms with Gasteiger partial charge in [-0.2, -0.15) is 0 Å². The molecule has 2 aromatic carbocycles. The molecule has 0 amide bonds. The van der Waals surface area contributed by atoms with Gasteiger partial charge in [-0.15, -0.1) is 0 Å². The first-order chi connectivity index (χ1) is 13.2. The number of allylic oxidation sites excluding steroid dienone is 1. The molecule has 0 aliphatic heterocycles. The van der Waals surface area contributed by atoms with Crippen LogP contribution in [0, 0.1) is 11.2 Å². The van der Waals surface area contributed by atoms with Crippen LogP contribution in [0.25, 0.3) is 0 Å². The topological polar surface area (TPSA) is 59.6 Å². The van der Waals surface area contributed by atoms with Gasteiger partial charge in [-0.1, -0.05) is 69.3 Å². The van der Waals surface area contributed by atoms with Gasteiger partial charge < -0.3 is 15.8 Å². The number of rotatable bonds is 6. The fourth-order valence-electron chi connectivity index (χ4n) is 2.28. The zero-order valence-corrected chi connectivity index (χ0v) is 16.9. The third kappa shape index (κ3) is 6.27. The van der Waals surface area contributed by atoms with Crippen LogP contribution in [0.2, 0.25) is 0 Å². The Kier molecular flexibility index (Phi) is 6.99. The van der Waals surface area contributed by atoms with E-state index < -0.39 is 5.82 Å². The maximum absolute atomic E-state index is 14.6. The van der Waals surface area contributed by atoms with E-state index in [2.05, 4.69) is 37.7 Å². The average molecular weight is 381 g/mol. The third-order valence-corrected chi connectivity index (χ3v) is 4.27. The van der Waals surface area contributed by atoms with Crippen molar-refractivity contribution in [1.29, 1.82) is 0 Å². The quantitative estimate of drug-likeness (QED) is 0.503. The highest BCUT2D eigenvalue weighted by atomic mass is 19.1. The normalized spacial score (nSPS) is 12.6. The van der Waals surface area contributed by atoms with Gasteiger partial charge in [-0.25, -0.2) is 9.38 Å². The molecular formula is C23H28FN3O. The zero-order valence-electron chi connectivity index (χ0n) is 16.9. The van der Waals surface area contributed by atoms with Gasteiger partial charge in [0, 0.05) is 0 Å². The standard InChI is InChI=1S/C23H28FN3O/c1-16(23(3,4)5)14-21(26-17(2)25)27-22-19(24)12-9-13-20(22)28-15-18-10-7-6-8-11-18/h6-14H,2,15,25H2,1,3-5H3,(H,26,27)/b16-14+. The maximum Gasteiger partial charge on any atom is 0.150 e. The Morgan fingerprint density at radius 1 is 1.18 bits per heavy atom. The van der Waals surface area contributed by atoms with Gasteiger partial charge in [-0.05, 0) is 36.1 Å². The number of halogens is 1. The van der Waals surface area contributed by atoms with E-state index in [-0.39, 0.29) is 16.9 Å². The predicted octanol–water partition coefficient (Wildman–Crippen LogP) is 5.64. The molecule has 0 unspecified atom stereocenters. The number of aliphatic imine (C=N–C) groups is 1. The number of nitrogens with zero attached hydrogens (tertiary/aromatic N) is 1. The van der Waals surface area contributed by atoms with Crippen molar-refractivity contribution in [3.05, 3.63) is 84.0 Å². The molecule has 148 valence electrons. The minimum atomic E-state index is -0.442. The molecule has 0 fully saturated rings. The van der Waals surface area contributed by atoms with Gasteiger partial charge in [0.15, 0.2) is 5.82 Å². The van der Waals surface area contributed by atoms with Crippen molar-refractivity contribution in [1.82, 2.24) is 0 Å². The summed E-state index contributed by atoms with van der Waals surface area (Å²) in [7, 11) is 0. The van der Waals surface area contributed by atoms with Gasteiger partial charge in [0.2, 0.25) is 0 Å². The number of amidine groups is 1. The molecule has 0 atom stereocenters. The number of hydrogen-bond acceptors (Lipinski definition) is 3. The van der Waals surface area contributed by atoms with Gasteiger partial charge in [-0.3, -0.25) is 0 Å². The van der Waals surface area contributed by atoms with Crippen LogP contribution in [0.4, 0.5) is 10.1 Å². The monoisotopic (exact) mass is 381 g/mol. The lowest BCUT2D eigenvalue weighted by molar-refractivity contribution is 0.306.